The molecule has 1 N–H and O–H groups in total. The molecule has 6 heteroatoms. The number of aromatic carboxylic acids is 1. The molecule has 0 saturated carbocycles. The SMILES string of the molecule is N#Cc1cc(F)ccc1Sc1csc(C(=O)O)c1. The van der Waals surface area contributed by atoms with Gasteiger partial charge in [0.25, 0.3) is 0 Å². The highest BCUT2D eigenvalue weighted by atomic mass is 32.2. The molecule has 0 bridgehead atoms. The van der Waals surface area contributed by atoms with Crippen molar-refractivity contribution in [3.05, 3.63) is 45.9 Å². The molecule has 90 valence electrons. The first kappa shape index (κ1) is 12.6. The van der Waals surface area contributed by atoms with Gasteiger partial charge < -0.3 is 5.11 Å². The second kappa shape index (κ2) is 5.21. The summed E-state index contributed by atoms with van der Waals surface area (Å²) in [6.07, 6.45) is 0. The van der Waals surface area contributed by atoms with Gasteiger partial charge in [0.15, 0.2) is 0 Å². The second-order valence-corrected chi connectivity index (χ2v) is 5.33. The first-order chi connectivity index (χ1) is 8.60. The Morgan fingerprint density at radius 3 is 2.83 bits per heavy atom. The van der Waals surface area contributed by atoms with Crippen molar-refractivity contribution in [2.24, 2.45) is 0 Å². The average molecular weight is 279 g/mol. The van der Waals surface area contributed by atoms with Crippen molar-refractivity contribution in [2.45, 2.75) is 9.79 Å². The van der Waals surface area contributed by atoms with Crippen LogP contribution in [0, 0.1) is 17.1 Å². The van der Waals surface area contributed by atoms with Gasteiger partial charge in [-0.15, -0.1) is 11.3 Å². The molecule has 1 aromatic heterocycles. The lowest BCUT2D eigenvalue weighted by atomic mass is 10.2. The van der Waals surface area contributed by atoms with Crippen molar-refractivity contribution in [1.29, 1.82) is 5.26 Å². The molecule has 0 unspecified atom stereocenters. The molecule has 18 heavy (non-hydrogen) atoms. The molecule has 0 atom stereocenters. The predicted octanol–water partition coefficient (Wildman–Crippen LogP) is 3.61. The standard InChI is InChI=1S/C12H6FNO2S2/c13-8-1-2-10(7(3-8)5-14)18-9-4-11(12(15)16)17-6-9/h1-4,6H,(H,15,16). The number of halogens is 1. The molecule has 1 aromatic carbocycles. The lowest BCUT2D eigenvalue weighted by molar-refractivity contribution is 0.0702. The van der Waals surface area contributed by atoms with Crippen LogP contribution < -0.4 is 0 Å². The Balaban J connectivity index is 2.28. The van der Waals surface area contributed by atoms with Gasteiger partial charge in [-0.05, 0) is 24.3 Å². The highest BCUT2D eigenvalue weighted by Gasteiger charge is 2.10. The average Bonchev–Trinajstić information content (AvgIpc) is 2.80. The first-order valence-electron chi connectivity index (χ1n) is 4.79. The number of carboxylic acids is 1. The van der Waals surface area contributed by atoms with E-state index in [1.165, 1.54) is 30.0 Å². The van der Waals surface area contributed by atoms with Crippen molar-refractivity contribution >= 4 is 29.1 Å². The fraction of sp³-hybridized carbons (Fsp3) is 0. The summed E-state index contributed by atoms with van der Waals surface area (Å²) in [6.45, 7) is 0. The van der Waals surface area contributed by atoms with E-state index in [9.17, 15) is 9.18 Å². The van der Waals surface area contributed by atoms with E-state index < -0.39 is 11.8 Å². The third kappa shape index (κ3) is 2.70. The maximum Gasteiger partial charge on any atom is 0.345 e. The van der Waals surface area contributed by atoms with Gasteiger partial charge >= 0.3 is 5.97 Å². The van der Waals surface area contributed by atoms with Crippen LogP contribution in [0.25, 0.3) is 0 Å². The zero-order chi connectivity index (χ0) is 13.1. The number of thiophene rings is 1. The van der Waals surface area contributed by atoms with Gasteiger partial charge in [0.05, 0.1) is 5.56 Å². The minimum absolute atomic E-state index is 0.234. The van der Waals surface area contributed by atoms with Crippen molar-refractivity contribution in [2.75, 3.05) is 0 Å². The predicted molar refractivity (Wildman–Crippen MR) is 66.5 cm³/mol. The van der Waals surface area contributed by atoms with E-state index in [0.29, 0.717) is 4.90 Å². The molecule has 0 aliphatic heterocycles. The number of benzene rings is 1. The van der Waals surface area contributed by atoms with Gasteiger partial charge in [-0.25, -0.2) is 9.18 Å². The van der Waals surface area contributed by atoms with E-state index in [1.807, 2.05) is 6.07 Å². The molecule has 0 radical (unpaired) electrons. The molecule has 1 heterocycles. The summed E-state index contributed by atoms with van der Waals surface area (Å²) in [5.74, 6) is -1.45. The maximum absolute atomic E-state index is 12.9. The van der Waals surface area contributed by atoms with Crippen molar-refractivity contribution in [3.63, 3.8) is 0 Å². The molecule has 0 amide bonds. The summed E-state index contributed by atoms with van der Waals surface area (Å²) >= 11 is 2.36. The number of nitriles is 1. The van der Waals surface area contributed by atoms with Gasteiger partial charge in [-0.2, -0.15) is 5.26 Å². The summed E-state index contributed by atoms with van der Waals surface area (Å²) in [6, 6.07) is 7.38. The van der Waals surface area contributed by atoms with Crippen LogP contribution in [0.1, 0.15) is 15.2 Å². The quantitative estimate of drug-likeness (QED) is 0.932. The van der Waals surface area contributed by atoms with E-state index in [4.69, 9.17) is 10.4 Å². The van der Waals surface area contributed by atoms with Crippen LogP contribution in [-0.2, 0) is 0 Å². The monoisotopic (exact) mass is 279 g/mol. The smallest absolute Gasteiger partial charge is 0.345 e. The summed E-state index contributed by atoms with van der Waals surface area (Å²) < 4.78 is 12.9. The number of carboxylic acid groups (broad SMARTS) is 1. The van der Waals surface area contributed by atoms with E-state index in [-0.39, 0.29) is 10.4 Å². The van der Waals surface area contributed by atoms with Gasteiger partial charge in [0.1, 0.15) is 16.8 Å². The van der Waals surface area contributed by atoms with Crippen LogP contribution in [0.2, 0.25) is 0 Å². The van der Waals surface area contributed by atoms with E-state index in [0.717, 1.165) is 22.3 Å². The number of nitrogens with zero attached hydrogens (tertiary/aromatic N) is 1. The molecular weight excluding hydrogens is 273 g/mol. The van der Waals surface area contributed by atoms with E-state index >= 15 is 0 Å². The normalized spacial score (nSPS) is 10.0. The number of rotatable bonds is 3. The van der Waals surface area contributed by atoms with E-state index in [1.54, 1.807) is 5.38 Å². The lowest BCUT2D eigenvalue weighted by Gasteiger charge is -2.01. The number of carbonyl (C=O) groups is 1. The molecule has 0 aliphatic carbocycles. The number of hydrogen-bond donors (Lipinski definition) is 1. The highest BCUT2D eigenvalue weighted by molar-refractivity contribution is 7.99. The molecule has 0 fully saturated rings. The molecular formula is C12H6FNO2S2. The summed E-state index contributed by atoms with van der Waals surface area (Å²) in [4.78, 5) is 12.3. The van der Waals surface area contributed by atoms with Crippen LogP contribution in [0.15, 0.2) is 39.4 Å². The van der Waals surface area contributed by atoms with Crippen LogP contribution in [0.4, 0.5) is 4.39 Å². The minimum Gasteiger partial charge on any atom is -0.477 e. The lowest BCUT2D eigenvalue weighted by Crippen LogP contribution is -1.89. The van der Waals surface area contributed by atoms with Crippen molar-refractivity contribution in [3.8, 4) is 6.07 Å². The topological polar surface area (TPSA) is 61.1 Å². The van der Waals surface area contributed by atoms with Crippen LogP contribution in [-0.4, -0.2) is 11.1 Å². The van der Waals surface area contributed by atoms with Crippen molar-refractivity contribution in [1.82, 2.24) is 0 Å². The largest absolute Gasteiger partial charge is 0.477 e. The maximum atomic E-state index is 12.9. The third-order valence-corrected chi connectivity index (χ3v) is 4.19. The van der Waals surface area contributed by atoms with Gasteiger partial charge in [-0.3, -0.25) is 0 Å². The molecule has 0 aliphatic rings. The second-order valence-electron chi connectivity index (χ2n) is 3.31. The molecule has 2 rings (SSSR count). The Labute approximate surface area is 110 Å². The molecule has 3 nitrogen and oxygen atoms in total. The minimum atomic E-state index is -0.980. The summed E-state index contributed by atoms with van der Waals surface area (Å²) in [5, 5.41) is 19.4. The van der Waals surface area contributed by atoms with Gasteiger partial charge in [0, 0.05) is 15.2 Å². The zero-order valence-electron chi connectivity index (χ0n) is 8.88. The van der Waals surface area contributed by atoms with Crippen LogP contribution in [0.3, 0.4) is 0 Å². The molecule has 2 aromatic rings. The fourth-order valence-corrected chi connectivity index (χ4v) is 3.09. The fourth-order valence-electron chi connectivity index (χ4n) is 1.29. The number of hydrogen-bond acceptors (Lipinski definition) is 4. The van der Waals surface area contributed by atoms with Gasteiger partial charge in [0.2, 0.25) is 0 Å². The Kier molecular flexibility index (Phi) is 3.65. The Hall–Kier alpha value is -1.84. The Morgan fingerprint density at radius 1 is 1.44 bits per heavy atom. The van der Waals surface area contributed by atoms with E-state index in [2.05, 4.69) is 0 Å². The summed E-state index contributed by atoms with van der Waals surface area (Å²) in [7, 11) is 0. The van der Waals surface area contributed by atoms with Gasteiger partial charge in [-0.1, -0.05) is 11.8 Å². The highest BCUT2D eigenvalue weighted by Crippen LogP contribution is 2.33. The van der Waals surface area contributed by atoms with Crippen molar-refractivity contribution < 1.29 is 14.3 Å². The first-order valence-corrected chi connectivity index (χ1v) is 6.49. The molecule has 0 spiro atoms. The zero-order valence-corrected chi connectivity index (χ0v) is 10.5. The summed E-state index contributed by atoms with van der Waals surface area (Å²) in [5.41, 5.74) is 0.239. The van der Waals surface area contributed by atoms with Crippen LogP contribution >= 0.6 is 23.1 Å². The Morgan fingerprint density at radius 2 is 2.22 bits per heavy atom. The van der Waals surface area contributed by atoms with Crippen LogP contribution in [0.5, 0.6) is 0 Å². The Bertz CT molecular complexity index is 646. The molecule has 0 saturated heterocycles. The third-order valence-electron chi connectivity index (χ3n) is 2.08.